The Morgan fingerprint density at radius 2 is 2.38 bits per heavy atom. The van der Waals surface area contributed by atoms with Crippen molar-refractivity contribution in [3.8, 4) is 12.3 Å². The van der Waals surface area contributed by atoms with E-state index in [1.807, 2.05) is 13.0 Å². The van der Waals surface area contributed by atoms with Crippen molar-refractivity contribution in [3.63, 3.8) is 0 Å². The highest BCUT2D eigenvalue weighted by molar-refractivity contribution is 5.19. The highest BCUT2D eigenvalue weighted by Gasteiger charge is 2.03. The third kappa shape index (κ3) is 2.89. The molecule has 2 heteroatoms. The molecule has 1 rings (SSSR count). The molecule has 0 saturated heterocycles. The first-order chi connectivity index (χ1) is 6.24. The van der Waals surface area contributed by atoms with Crippen LogP contribution in [0.5, 0.6) is 0 Å². The van der Waals surface area contributed by atoms with Crippen molar-refractivity contribution in [2.75, 3.05) is 6.54 Å². The second-order valence-electron chi connectivity index (χ2n) is 2.86. The first-order valence-corrected chi connectivity index (χ1v) is 4.16. The van der Waals surface area contributed by atoms with Gasteiger partial charge in [0.2, 0.25) is 0 Å². The van der Waals surface area contributed by atoms with Crippen LogP contribution in [0.1, 0.15) is 18.5 Å². The molecule has 1 aromatic rings. The van der Waals surface area contributed by atoms with Crippen LogP contribution >= 0.6 is 0 Å². The van der Waals surface area contributed by atoms with E-state index in [0.717, 1.165) is 5.56 Å². The number of hydrogen-bond donors (Lipinski definition) is 1. The Balaban J connectivity index is 2.66. The fraction of sp³-hybridized carbons (Fsp3) is 0.273. The van der Waals surface area contributed by atoms with Crippen molar-refractivity contribution in [3.05, 3.63) is 35.6 Å². The zero-order valence-electron chi connectivity index (χ0n) is 7.55. The number of rotatable bonds is 3. The highest BCUT2D eigenvalue weighted by Crippen LogP contribution is 2.12. The fourth-order valence-electron chi connectivity index (χ4n) is 1.11. The monoisotopic (exact) mass is 177 g/mol. The molecule has 0 heterocycles. The van der Waals surface area contributed by atoms with E-state index in [0.29, 0.717) is 6.54 Å². The molecule has 0 amide bonds. The van der Waals surface area contributed by atoms with E-state index in [1.54, 1.807) is 6.07 Å². The minimum atomic E-state index is -0.216. The SMILES string of the molecule is C#CCN[C@H](C)c1cccc(F)c1. The largest absolute Gasteiger partial charge is 0.300 e. The fourth-order valence-corrected chi connectivity index (χ4v) is 1.11. The molecule has 0 bridgehead atoms. The molecule has 1 nitrogen and oxygen atoms in total. The number of benzene rings is 1. The molecule has 13 heavy (non-hydrogen) atoms. The lowest BCUT2D eigenvalue weighted by Crippen LogP contribution is -2.18. The number of nitrogens with one attached hydrogen (secondary N) is 1. The van der Waals surface area contributed by atoms with Crippen LogP contribution in [0.3, 0.4) is 0 Å². The summed E-state index contributed by atoms with van der Waals surface area (Å²) in [5, 5.41) is 3.07. The second kappa shape index (κ2) is 4.64. The molecule has 0 spiro atoms. The predicted molar refractivity (Wildman–Crippen MR) is 51.7 cm³/mol. The molecular formula is C11H12FN. The van der Waals surface area contributed by atoms with Crippen molar-refractivity contribution in [2.45, 2.75) is 13.0 Å². The molecule has 1 N–H and O–H groups in total. The van der Waals surface area contributed by atoms with Crippen molar-refractivity contribution in [1.82, 2.24) is 5.32 Å². The minimum absolute atomic E-state index is 0.0896. The molecule has 1 aromatic carbocycles. The van der Waals surface area contributed by atoms with Crippen molar-refractivity contribution < 1.29 is 4.39 Å². The van der Waals surface area contributed by atoms with Gasteiger partial charge in [-0.15, -0.1) is 6.42 Å². The van der Waals surface area contributed by atoms with Gasteiger partial charge in [-0.05, 0) is 24.6 Å². The predicted octanol–water partition coefficient (Wildman–Crippen LogP) is 2.11. The molecule has 0 aliphatic carbocycles. The van der Waals surface area contributed by atoms with E-state index in [2.05, 4.69) is 11.2 Å². The van der Waals surface area contributed by atoms with Gasteiger partial charge >= 0.3 is 0 Å². The van der Waals surface area contributed by atoms with E-state index in [9.17, 15) is 4.39 Å². The molecule has 1 atom stereocenters. The molecular weight excluding hydrogens is 165 g/mol. The summed E-state index contributed by atoms with van der Waals surface area (Å²) >= 11 is 0. The summed E-state index contributed by atoms with van der Waals surface area (Å²) in [6.07, 6.45) is 5.10. The Hall–Kier alpha value is -1.33. The van der Waals surface area contributed by atoms with Crippen LogP contribution in [-0.2, 0) is 0 Å². The topological polar surface area (TPSA) is 12.0 Å². The van der Waals surface area contributed by atoms with Gasteiger partial charge in [-0.2, -0.15) is 0 Å². The smallest absolute Gasteiger partial charge is 0.123 e. The first-order valence-electron chi connectivity index (χ1n) is 4.16. The molecule has 0 fully saturated rings. The number of hydrogen-bond acceptors (Lipinski definition) is 1. The molecule has 0 unspecified atom stereocenters. The van der Waals surface area contributed by atoms with Crippen LogP contribution in [-0.4, -0.2) is 6.54 Å². The Morgan fingerprint density at radius 3 is 3.00 bits per heavy atom. The Kier molecular flexibility index (Phi) is 3.48. The summed E-state index contributed by atoms with van der Waals surface area (Å²) in [5.41, 5.74) is 0.912. The van der Waals surface area contributed by atoms with Crippen LogP contribution in [0.25, 0.3) is 0 Å². The van der Waals surface area contributed by atoms with Gasteiger partial charge in [0, 0.05) is 6.04 Å². The third-order valence-corrected chi connectivity index (χ3v) is 1.86. The Bertz CT molecular complexity index is 314. The number of terminal acetylenes is 1. The van der Waals surface area contributed by atoms with E-state index in [1.165, 1.54) is 12.1 Å². The van der Waals surface area contributed by atoms with Crippen LogP contribution in [0.4, 0.5) is 4.39 Å². The van der Waals surface area contributed by atoms with Gasteiger partial charge in [0.05, 0.1) is 6.54 Å². The van der Waals surface area contributed by atoms with Crippen LogP contribution in [0.15, 0.2) is 24.3 Å². The lowest BCUT2D eigenvalue weighted by Gasteiger charge is -2.11. The van der Waals surface area contributed by atoms with Gasteiger partial charge in [0.15, 0.2) is 0 Å². The van der Waals surface area contributed by atoms with Crippen molar-refractivity contribution >= 4 is 0 Å². The van der Waals surface area contributed by atoms with Gasteiger partial charge in [-0.25, -0.2) is 4.39 Å². The molecule has 0 aromatic heterocycles. The maximum Gasteiger partial charge on any atom is 0.123 e. The first kappa shape index (κ1) is 9.76. The summed E-state index contributed by atoms with van der Waals surface area (Å²) in [6, 6.07) is 6.59. The Morgan fingerprint density at radius 1 is 1.62 bits per heavy atom. The normalized spacial score (nSPS) is 12.1. The average molecular weight is 177 g/mol. The summed E-state index contributed by atoms with van der Waals surface area (Å²) < 4.78 is 12.8. The highest BCUT2D eigenvalue weighted by atomic mass is 19.1. The lowest BCUT2D eigenvalue weighted by molar-refractivity contribution is 0.598. The van der Waals surface area contributed by atoms with Gasteiger partial charge in [0.25, 0.3) is 0 Å². The zero-order valence-corrected chi connectivity index (χ0v) is 7.55. The summed E-state index contributed by atoms with van der Waals surface area (Å²) in [4.78, 5) is 0. The maximum absolute atomic E-state index is 12.8. The molecule has 0 aliphatic heterocycles. The van der Waals surface area contributed by atoms with E-state index < -0.39 is 0 Å². The van der Waals surface area contributed by atoms with Crippen LogP contribution < -0.4 is 5.32 Å². The Labute approximate surface area is 78.0 Å². The lowest BCUT2D eigenvalue weighted by atomic mass is 10.1. The maximum atomic E-state index is 12.8. The second-order valence-corrected chi connectivity index (χ2v) is 2.86. The third-order valence-electron chi connectivity index (χ3n) is 1.86. The summed E-state index contributed by atoms with van der Waals surface area (Å²) in [6.45, 7) is 2.45. The molecule has 0 saturated carbocycles. The van der Waals surface area contributed by atoms with Crippen LogP contribution in [0, 0.1) is 18.2 Å². The quantitative estimate of drug-likeness (QED) is 0.697. The summed E-state index contributed by atoms with van der Waals surface area (Å²) in [7, 11) is 0. The van der Waals surface area contributed by atoms with E-state index in [-0.39, 0.29) is 11.9 Å². The average Bonchev–Trinajstić information content (AvgIpc) is 2.14. The van der Waals surface area contributed by atoms with E-state index >= 15 is 0 Å². The minimum Gasteiger partial charge on any atom is -0.300 e. The summed E-state index contributed by atoms with van der Waals surface area (Å²) in [5.74, 6) is 2.26. The van der Waals surface area contributed by atoms with Gasteiger partial charge in [0.1, 0.15) is 5.82 Å². The number of halogens is 1. The standard InChI is InChI=1S/C11H12FN/c1-3-7-13-9(2)10-5-4-6-11(12)8-10/h1,4-6,8-9,13H,7H2,2H3/t9-/m1/s1. The van der Waals surface area contributed by atoms with Crippen molar-refractivity contribution in [1.29, 1.82) is 0 Å². The zero-order chi connectivity index (χ0) is 9.68. The van der Waals surface area contributed by atoms with Gasteiger partial charge in [-0.3, -0.25) is 5.32 Å². The molecule has 68 valence electrons. The van der Waals surface area contributed by atoms with Gasteiger partial charge < -0.3 is 0 Å². The van der Waals surface area contributed by atoms with Crippen LogP contribution in [0.2, 0.25) is 0 Å². The van der Waals surface area contributed by atoms with E-state index in [4.69, 9.17) is 6.42 Å². The van der Waals surface area contributed by atoms with Crippen molar-refractivity contribution in [2.24, 2.45) is 0 Å². The molecule has 0 aliphatic rings. The molecule has 0 radical (unpaired) electrons. The van der Waals surface area contributed by atoms with Gasteiger partial charge in [-0.1, -0.05) is 18.1 Å².